The lowest BCUT2D eigenvalue weighted by molar-refractivity contribution is -0.605. The molecule has 2 amide bonds. The van der Waals surface area contributed by atoms with Crippen LogP contribution in [0.4, 0.5) is 5.69 Å². The molecule has 13 heteroatoms. The highest BCUT2D eigenvalue weighted by atomic mass is 35.5. The second-order valence-corrected chi connectivity index (χ2v) is 11.9. The SMILES string of the molecule is CC(C)(C#Cc1ccc(NC(=O)CSc2nnnn2-c2cc(C3CC3)ccc2Cl)c(Cl)c1)NC(=O)c1cc[n+]([O-])cc1. The predicted molar refractivity (Wildman–Crippen MR) is 161 cm³/mol. The van der Waals surface area contributed by atoms with Crippen LogP contribution in [0.3, 0.4) is 0 Å². The summed E-state index contributed by atoms with van der Waals surface area (Å²) in [4.78, 5) is 25.2. The monoisotopic (exact) mass is 621 g/mol. The number of carbonyl (C=O) groups excluding carboxylic acids is 2. The van der Waals surface area contributed by atoms with Crippen LogP contribution >= 0.6 is 35.0 Å². The van der Waals surface area contributed by atoms with Crippen molar-refractivity contribution in [3.8, 4) is 17.5 Å². The number of benzene rings is 2. The molecule has 0 atom stereocenters. The number of carbonyl (C=O) groups is 2. The molecule has 42 heavy (non-hydrogen) atoms. The summed E-state index contributed by atoms with van der Waals surface area (Å²) < 4.78 is 2.14. The first-order valence-electron chi connectivity index (χ1n) is 12.9. The third-order valence-corrected chi connectivity index (χ3v) is 7.82. The van der Waals surface area contributed by atoms with E-state index in [9.17, 15) is 14.8 Å². The predicted octanol–water partition coefficient (Wildman–Crippen LogP) is 4.77. The van der Waals surface area contributed by atoms with Crippen molar-refractivity contribution < 1.29 is 14.3 Å². The number of tetrazole rings is 1. The van der Waals surface area contributed by atoms with Crippen LogP contribution in [0.2, 0.25) is 10.0 Å². The van der Waals surface area contributed by atoms with Gasteiger partial charge in [-0.25, -0.2) is 0 Å². The van der Waals surface area contributed by atoms with E-state index < -0.39 is 5.54 Å². The van der Waals surface area contributed by atoms with Crippen LogP contribution in [0.25, 0.3) is 5.69 Å². The van der Waals surface area contributed by atoms with Gasteiger partial charge < -0.3 is 15.8 Å². The first-order valence-corrected chi connectivity index (χ1v) is 14.7. The fourth-order valence-electron chi connectivity index (χ4n) is 3.97. The molecule has 4 aromatic rings. The third-order valence-electron chi connectivity index (χ3n) is 6.27. The second kappa shape index (κ2) is 12.4. The van der Waals surface area contributed by atoms with E-state index in [1.165, 1.54) is 46.5 Å². The van der Waals surface area contributed by atoms with Crippen LogP contribution < -0.4 is 15.4 Å². The van der Waals surface area contributed by atoms with Gasteiger partial charge in [0.2, 0.25) is 11.1 Å². The highest BCUT2D eigenvalue weighted by Gasteiger charge is 2.25. The van der Waals surface area contributed by atoms with Crippen molar-refractivity contribution in [3.05, 3.63) is 92.9 Å². The molecule has 0 bridgehead atoms. The fraction of sp³-hybridized carbons (Fsp3) is 0.241. The summed E-state index contributed by atoms with van der Waals surface area (Å²) in [5.74, 6) is 5.96. The Hall–Kier alpha value is -4.11. The Morgan fingerprint density at radius 1 is 1.12 bits per heavy atom. The van der Waals surface area contributed by atoms with E-state index in [0.717, 1.165) is 12.8 Å². The molecule has 0 radical (unpaired) electrons. The van der Waals surface area contributed by atoms with Gasteiger partial charge in [0, 0.05) is 17.7 Å². The van der Waals surface area contributed by atoms with Crippen molar-refractivity contribution in [2.75, 3.05) is 11.1 Å². The van der Waals surface area contributed by atoms with Gasteiger partial charge in [0.25, 0.3) is 5.91 Å². The molecule has 214 valence electrons. The van der Waals surface area contributed by atoms with Gasteiger partial charge in [-0.1, -0.05) is 52.9 Å². The van der Waals surface area contributed by atoms with Gasteiger partial charge in [-0.05, 0) is 78.9 Å². The molecule has 2 aromatic heterocycles. The van der Waals surface area contributed by atoms with Crippen LogP contribution in [0, 0.1) is 17.0 Å². The van der Waals surface area contributed by atoms with E-state index in [4.69, 9.17) is 23.2 Å². The number of halogens is 2. The molecule has 1 aliphatic carbocycles. The Kier molecular flexibility index (Phi) is 8.68. The molecule has 1 fully saturated rings. The molecule has 2 N–H and O–H groups in total. The highest BCUT2D eigenvalue weighted by Crippen LogP contribution is 2.41. The minimum absolute atomic E-state index is 0.0440. The van der Waals surface area contributed by atoms with Crippen molar-refractivity contribution in [2.24, 2.45) is 0 Å². The molecular weight excluding hydrogens is 597 g/mol. The van der Waals surface area contributed by atoms with Crippen molar-refractivity contribution in [1.29, 1.82) is 0 Å². The number of nitrogens with zero attached hydrogens (tertiary/aromatic N) is 5. The van der Waals surface area contributed by atoms with Crippen molar-refractivity contribution in [3.63, 3.8) is 0 Å². The average molecular weight is 623 g/mol. The summed E-state index contributed by atoms with van der Waals surface area (Å²) in [6.45, 7) is 3.52. The van der Waals surface area contributed by atoms with Gasteiger partial charge in [-0.15, -0.1) is 5.10 Å². The lowest BCUT2D eigenvalue weighted by Crippen LogP contribution is -2.42. The van der Waals surface area contributed by atoms with Gasteiger partial charge >= 0.3 is 0 Å². The molecule has 1 saturated carbocycles. The van der Waals surface area contributed by atoms with E-state index in [1.54, 1.807) is 32.0 Å². The quantitative estimate of drug-likeness (QED) is 0.125. The number of anilines is 1. The zero-order valence-electron chi connectivity index (χ0n) is 22.6. The number of thioether (sulfide) groups is 1. The number of nitrogens with one attached hydrogen (secondary N) is 2. The molecule has 5 rings (SSSR count). The Bertz CT molecular complexity index is 1710. The molecule has 2 heterocycles. The molecule has 10 nitrogen and oxygen atoms in total. The number of aromatic nitrogens is 5. The standard InChI is InChI=1S/C29H25Cl2N7O3S/c1-29(2,33-27(40)20-10-13-37(41)14-11-20)12-9-18-3-8-24(23(31)15-18)32-26(39)17-42-28-34-35-36-38(28)25-16-21(19-4-5-19)6-7-22(25)30/h3,6-8,10-11,13-16,19H,4-5,17H2,1-2H3,(H,32,39)(H,33,40). The maximum absolute atomic E-state index is 12.7. The normalized spacial score (nSPS) is 12.8. The summed E-state index contributed by atoms with van der Waals surface area (Å²) in [5, 5.41) is 30.0. The Balaban J connectivity index is 1.18. The van der Waals surface area contributed by atoms with Gasteiger partial charge in [0.15, 0.2) is 12.4 Å². The van der Waals surface area contributed by atoms with Crippen molar-refractivity contribution in [2.45, 2.75) is 43.3 Å². The molecule has 1 aliphatic rings. The summed E-state index contributed by atoms with van der Waals surface area (Å²) >= 11 is 14.0. The van der Waals surface area contributed by atoms with E-state index in [-0.39, 0.29) is 17.6 Å². The van der Waals surface area contributed by atoms with Crippen molar-refractivity contribution >= 4 is 52.5 Å². The van der Waals surface area contributed by atoms with Crippen LogP contribution in [0.1, 0.15) is 54.1 Å². The summed E-state index contributed by atoms with van der Waals surface area (Å²) in [5.41, 5.74) is 2.39. The smallest absolute Gasteiger partial charge is 0.252 e. The molecular formula is C29H25Cl2N7O3S. The molecule has 0 saturated heterocycles. The molecule has 0 spiro atoms. The van der Waals surface area contributed by atoms with Crippen LogP contribution in [-0.2, 0) is 4.79 Å². The zero-order valence-corrected chi connectivity index (χ0v) is 24.9. The fourth-order valence-corrected chi connectivity index (χ4v) is 5.08. The summed E-state index contributed by atoms with van der Waals surface area (Å²) in [6.07, 6.45) is 4.82. The van der Waals surface area contributed by atoms with Crippen LogP contribution in [-0.4, -0.2) is 43.3 Å². The number of rotatable bonds is 8. The first kappa shape index (κ1) is 29.4. The first-order chi connectivity index (χ1) is 20.1. The highest BCUT2D eigenvalue weighted by molar-refractivity contribution is 7.99. The molecule has 2 aromatic carbocycles. The number of hydrogen-bond donors (Lipinski definition) is 2. The maximum Gasteiger partial charge on any atom is 0.252 e. The van der Waals surface area contributed by atoms with E-state index in [1.807, 2.05) is 18.2 Å². The Labute approximate surface area is 256 Å². The Morgan fingerprint density at radius 3 is 2.60 bits per heavy atom. The van der Waals surface area contributed by atoms with E-state index in [0.29, 0.717) is 48.4 Å². The lowest BCUT2D eigenvalue weighted by atomic mass is 10.0. The Morgan fingerprint density at radius 2 is 1.88 bits per heavy atom. The second-order valence-electron chi connectivity index (χ2n) is 10.2. The van der Waals surface area contributed by atoms with Crippen LogP contribution in [0.5, 0.6) is 0 Å². The lowest BCUT2D eigenvalue weighted by Gasteiger charge is -2.19. The summed E-state index contributed by atoms with van der Waals surface area (Å²) in [6, 6.07) is 13.7. The van der Waals surface area contributed by atoms with E-state index >= 15 is 0 Å². The zero-order chi connectivity index (χ0) is 29.9. The van der Waals surface area contributed by atoms with Crippen LogP contribution in [0.15, 0.2) is 66.1 Å². The number of pyridine rings is 1. The largest absolute Gasteiger partial charge is 0.619 e. The number of amides is 2. The minimum Gasteiger partial charge on any atom is -0.619 e. The van der Waals surface area contributed by atoms with Gasteiger partial charge in [-0.3, -0.25) is 9.59 Å². The maximum atomic E-state index is 12.7. The number of hydrogen-bond acceptors (Lipinski definition) is 7. The topological polar surface area (TPSA) is 129 Å². The van der Waals surface area contributed by atoms with Gasteiger partial charge in [0.1, 0.15) is 0 Å². The minimum atomic E-state index is -0.865. The van der Waals surface area contributed by atoms with Gasteiger partial charge in [0.05, 0.1) is 38.3 Å². The third kappa shape index (κ3) is 7.39. The summed E-state index contributed by atoms with van der Waals surface area (Å²) in [7, 11) is 0. The van der Waals surface area contributed by atoms with Crippen molar-refractivity contribution in [1.82, 2.24) is 25.5 Å². The van der Waals surface area contributed by atoms with E-state index in [2.05, 4.69) is 38.0 Å². The average Bonchev–Trinajstić information content (AvgIpc) is 3.70. The van der Waals surface area contributed by atoms with Gasteiger partial charge in [-0.2, -0.15) is 9.41 Å². The molecule has 0 unspecified atom stereocenters. The molecule has 0 aliphatic heterocycles.